The van der Waals surface area contributed by atoms with Crippen LogP contribution in [0.2, 0.25) is 0 Å². The molecule has 2 aromatic heterocycles. The second-order valence-corrected chi connectivity index (χ2v) is 12.6. The molecule has 0 saturated carbocycles. The number of amides is 1. The number of rotatable bonds is 8. The lowest BCUT2D eigenvalue weighted by Gasteiger charge is -2.26. The summed E-state index contributed by atoms with van der Waals surface area (Å²) in [5, 5.41) is 6.13. The molecule has 10 nitrogen and oxygen atoms in total. The Morgan fingerprint density at radius 3 is 2.74 bits per heavy atom. The first kappa shape index (κ1) is 30.8. The maximum absolute atomic E-state index is 15.1. The quantitative estimate of drug-likeness (QED) is 0.256. The maximum Gasteiger partial charge on any atom is 0.390 e. The smallest absolute Gasteiger partial charge is 0.379 e. The van der Waals surface area contributed by atoms with Gasteiger partial charge in [0.05, 0.1) is 49.3 Å². The number of hydrogen-bond acceptors (Lipinski definition) is 8. The first-order valence-electron chi connectivity index (χ1n) is 13.5. The van der Waals surface area contributed by atoms with E-state index in [1.54, 1.807) is 6.07 Å². The Hall–Kier alpha value is -3.63. The molecule has 43 heavy (non-hydrogen) atoms. The van der Waals surface area contributed by atoms with E-state index in [2.05, 4.69) is 36.2 Å². The Kier molecular flexibility index (Phi) is 8.99. The maximum atomic E-state index is 15.1. The number of carbonyl (C=O) groups is 1. The van der Waals surface area contributed by atoms with Crippen LogP contribution in [-0.2, 0) is 19.2 Å². The zero-order chi connectivity index (χ0) is 30.8. The summed E-state index contributed by atoms with van der Waals surface area (Å²) in [4.78, 5) is 28.1. The fourth-order valence-electron chi connectivity index (χ4n) is 4.83. The number of ether oxygens (including phenoxy) is 1. The van der Waals surface area contributed by atoms with Crippen LogP contribution in [-0.4, -0.2) is 87.9 Å². The molecule has 2 aliphatic heterocycles. The summed E-state index contributed by atoms with van der Waals surface area (Å²) in [5.41, 5.74) is 1.30. The number of anilines is 3. The van der Waals surface area contributed by atoms with Crippen molar-refractivity contribution in [1.29, 1.82) is 0 Å². The molecule has 1 aromatic carbocycles. The van der Waals surface area contributed by atoms with Crippen molar-refractivity contribution in [2.75, 3.05) is 53.5 Å². The van der Waals surface area contributed by atoms with Gasteiger partial charge >= 0.3 is 6.18 Å². The van der Waals surface area contributed by atoms with Crippen molar-refractivity contribution in [2.24, 2.45) is 0 Å². The summed E-state index contributed by atoms with van der Waals surface area (Å²) in [6.07, 6.45) is -5.01. The molecule has 3 aromatic rings. The zero-order valence-electron chi connectivity index (χ0n) is 22.9. The number of piperidine rings is 1. The van der Waals surface area contributed by atoms with Crippen LogP contribution < -0.4 is 20.3 Å². The molecular weight excluding hydrogens is 597 g/mol. The number of fused-ring (bicyclic) bond motifs is 1. The Labute approximate surface area is 244 Å². The van der Waals surface area contributed by atoms with E-state index in [-0.39, 0.29) is 74.0 Å². The summed E-state index contributed by atoms with van der Waals surface area (Å²) in [6.45, 7) is 1.56. The highest BCUT2D eigenvalue weighted by molar-refractivity contribution is 8.01. The predicted octanol–water partition coefficient (Wildman–Crippen LogP) is 3.69. The molecule has 2 fully saturated rings. The molecule has 4 heterocycles. The van der Waals surface area contributed by atoms with Crippen molar-refractivity contribution in [2.45, 2.75) is 37.7 Å². The number of pyridine rings is 1. The molecule has 232 valence electrons. The van der Waals surface area contributed by atoms with Crippen LogP contribution >= 0.6 is 0 Å². The van der Waals surface area contributed by atoms with Gasteiger partial charge < -0.3 is 25.0 Å². The van der Waals surface area contributed by atoms with Gasteiger partial charge in [0.15, 0.2) is 0 Å². The van der Waals surface area contributed by atoms with Gasteiger partial charge in [-0.05, 0) is 24.1 Å². The minimum absolute atomic E-state index is 0.134. The minimum Gasteiger partial charge on any atom is -0.379 e. The number of nitrogens with one attached hydrogen (secondary N) is 3. The van der Waals surface area contributed by atoms with Crippen LogP contribution in [0.5, 0.6) is 0 Å². The van der Waals surface area contributed by atoms with Crippen LogP contribution in [0.4, 0.5) is 39.3 Å². The summed E-state index contributed by atoms with van der Waals surface area (Å²) in [7, 11) is -3.47. The largest absolute Gasteiger partial charge is 0.390 e. The number of nitrogens with zero attached hydrogens (tertiary/aromatic N) is 4. The van der Waals surface area contributed by atoms with Gasteiger partial charge in [-0.15, -0.1) is 0 Å². The average Bonchev–Trinajstić information content (AvgIpc) is 3.16. The summed E-state index contributed by atoms with van der Waals surface area (Å²) in [5.74, 6) is 1.62. The molecule has 3 N–H and O–H groups in total. The SMILES string of the molecule is C=S(=O)(CCC(F)(F)F)Nc1ccc(-c2cc(N3CCOCCC3=O)c3nc(N[C@@H]4CNC[C@@H](F)C4)ncc3n2)cc1F. The molecular formula is C27H30F5N7O3S. The van der Waals surface area contributed by atoms with E-state index in [1.807, 2.05) is 0 Å². The second kappa shape index (κ2) is 12.5. The fourth-order valence-corrected chi connectivity index (χ4v) is 6.06. The lowest BCUT2D eigenvalue weighted by molar-refractivity contribution is -0.129. The molecule has 0 spiro atoms. The summed E-state index contributed by atoms with van der Waals surface area (Å²) in [6, 6.07) is 5.11. The van der Waals surface area contributed by atoms with Crippen LogP contribution in [0.1, 0.15) is 19.3 Å². The normalized spacial score (nSPS) is 21.3. The van der Waals surface area contributed by atoms with Crippen molar-refractivity contribution in [3.05, 3.63) is 36.3 Å². The Morgan fingerprint density at radius 2 is 2.00 bits per heavy atom. The number of benzene rings is 1. The van der Waals surface area contributed by atoms with E-state index in [1.165, 1.54) is 23.2 Å². The highest BCUT2D eigenvalue weighted by atomic mass is 32.2. The number of aromatic nitrogens is 3. The molecule has 16 heteroatoms. The van der Waals surface area contributed by atoms with E-state index in [4.69, 9.17) is 4.74 Å². The highest BCUT2D eigenvalue weighted by Gasteiger charge is 2.29. The molecule has 0 bridgehead atoms. The second-order valence-electron chi connectivity index (χ2n) is 10.4. The molecule has 2 aliphatic rings. The van der Waals surface area contributed by atoms with Crippen LogP contribution in [0, 0.1) is 5.82 Å². The van der Waals surface area contributed by atoms with Gasteiger partial charge in [0.25, 0.3) is 0 Å². The lowest BCUT2D eigenvalue weighted by atomic mass is 10.1. The van der Waals surface area contributed by atoms with Crippen LogP contribution in [0.15, 0.2) is 30.5 Å². The van der Waals surface area contributed by atoms with Gasteiger partial charge in [0.2, 0.25) is 11.9 Å². The standard InChI is InChI=1S/C27H30F5N7O3S/c1-43(41,9-5-27(30,31)32)38-20-3-2-16(10-19(20)29)21-12-23(39-6-8-42-7-4-24(39)40)25-22(36-21)15-34-26(37-25)35-18-11-17(28)13-33-14-18/h2-3,10,12,15,17-18,33H,1,4-9,11,13-14H2,(H,38,41)(H,34,35,37)/t17-,18-,43?/m0/s1. The number of hydrogen-bond donors (Lipinski definition) is 3. The monoisotopic (exact) mass is 627 g/mol. The Bertz CT molecular complexity index is 1610. The van der Waals surface area contributed by atoms with Crippen molar-refractivity contribution >= 4 is 49.8 Å². The predicted molar refractivity (Wildman–Crippen MR) is 155 cm³/mol. The molecule has 0 aliphatic carbocycles. The number of alkyl halides is 4. The zero-order valence-corrected chi connectivity index (χ0v) is 23.7. The highest BCUT2D eigenvalue weighted by Crippen LogP contribution is 2.33. The average molecular weight is 628 g/mol. The van der Waals surface area contributed by atoms with E-state index in [0.29, 0.717) is 23.3 Å². The molecule has 5 rings (SSSR count). The first-order chi connectivity index (χ1) is 20.4. The van der Waals surface area contributed by atoms with Crippen LogP contribution in [0.25, 0.3) is 22.3 Å². The summed E-state index contributed by atoms with van der Waals surface area (Å²) >= 11 is 0. The third kappa shape index (κ3) is 7.86. The third-order valence-corrected chi connectivity index (χ3v) is 8.40. The minimum atomic E-state index is -4.53. The number of halogens is 5. The Balaban J connectivity index is 1.49. The molecule has 0 radical (unpaired) electrons. The van der Waals surface area contributed by atoms with E-state index in [9.17, 15) is 26.6 Å². The van der Waals surface area contributed by atoms with Gasteiger partial charge in [-0.25, -0.2) is 27.9 Å². The van der Waals surface area contributed by atoms with Gasteiger partial charge in [-0.1, -0.05) is 6.07 Å². The van der Waals surface area contributed by atoms with Gasteiger partial charge in [-0.2, -0.15) is 13.2 Å². The van der Waals surface area contributed by atoms with Gasteiger partial charge in [-0.3, -0.25) is 4.79 Å². The summed E-state index contributed by atoms with van der Waals surface area (Å²) < 4.78 is 87.0. The van der Waals surface area contributed by atoms with Crippen molar-refractivity contribution in [3.8, 4) is 11.3 Å². The van der Waals surface area contributed by atoms with Crippen molar-refractivity contribution in [3.63, 3.8) is 0 Å². The first-order valence-corrected chi connectivity index (χ1v) is 15.4. The Morgan fingerprint density at radius 1 is 1.19 bits per heavy atom. The molecule has 2 saturated heterocycles. The van der Waals surface area contributed by atoms with E-state index in [0.717, 1.165) is 6.07 Å². The molecule has 3 atom stereocenters. The van der Waals surface area contributed by atoms with Crippen molar-refractivity contribution in [1.82, 2.24) is 20.3 Å². The van der Waals surface area contributed by atoms with Gasteiger partial charge in [0, 0.05) is 53.1 Å². The van der Waals surface area contributed by atoms with E-state index < -0.39 is 40.0 Å². The topological polar surface area (TPSA) is 121 Å². The number of carbonyl (C=O) groups excluding carboxylic acids is 1. The van der Waals surface area contributed by atoms with Crippen LogP contribution in [0.3, 0.4) is 0 Å². The lowest BCUT2D eigenvalue weighted by Crippen LogP contribution is -2.44. The van der Waals surface area contributed by atoms with E-state index >= 15 is 4.39 Å². The van der Waals surface area contributed by atoms with Crippen molar-refractivity contribution < 1.29 is 35.7 Å². The molecule has 1 unspecified atom stereocenters. The third-order valence-electron chi connectivity index (χ3n) is 6.94. The molecule has 1 amide bonds. The van der Waals surface area contributed by atoms with Gasteiger partial charge in [0.1, 0.15) is 23.0 Å². The fraction of sp³-hybridized carbons (Fsp3) is 0.444.